The van der Waals surface area contributed by atoms with Gasteiger partial charge in [0, 0.05) is 12.5 Å². The van der Waals surface area contributed by atoms with Gasteiger partial charge in [0.2, 0.25) is 11.8 Å². The number of hydrogen-bond donors (Lipinski definition) is 2. The van der Waals surface area contributed by atoms with E-state index in [1.54, 1.807) is 25.1 Å². The summed E-state index contributed by atoms with van der Waals surface area (Å²) in [6, 6.07) is 8.39. The summed E-state index contributed by atoms with van der Waals surface area (Å²) >= 11 is 0. The van der Waals surface area contributed by atoms with Crippen LogP contribution in [0.5, 0.6) is 11.5 Å². The number of amides is 5. The highest BCUT2D eigenvalue weighted by Gasteiger charge is 2.45. The molecule has 1 unspecified atom stereocenters. The predicted molar refractivity (Wildman–Crippen MR) is 130 cm³/mol. The Hall–Kier alpha value is -5.07. The first-order valence-corrected chi connectivity index (χ1v) is 11.6. The van der Waals surface area contributed by atoms with Crippen LogP contribution in [0.4, 0.5) is 5.69 Å². The van der Waals surface area contributed by atoms with Crippen LogP contribution in [0.15, 0.2) is 36.4 Å². The zero-order chi connectivity index (χ0) is 27.1. The van der Waals surface area contributed by atoms with Gasteiger partial charge in [-0.25, -0.2) is 4.68 Å². The lowest BCUT2D eigenvalue weighted by Gasteiger charge is -2.27. The molecule has 5 rings (SSSR count). The van der Waals surface area contributed by atoms with Gasteiger partial charge >= 0.3 is 0 Å². The quantitative estimate of drug-likeness (QED) is 0.457. The molecule has 38 heavy (non-hydrogen) atoms. The maximum atomic E-state index is 13.3. The number of carbonyl (C=O) groups is 5. The molecule has 0 aliphatic carbocycles. The molecule has 1 saturated heterocycles. The van der Waals surface area contributed by atoms with Gasteiger partial charge < -0.3 is 14.8 Å². The molecule has 2 aliphatic rings. The molecule has 13 nitrogen and oxygen atoms in total. The number of aromatic nitrogens is 3. The second-order valence-corrected chi connectivity index (χ2v) is 8.60. The molecule has 1 aromatic heterocycles. The van der Waals surface area contributed by atoms with Gasteiger partial charge in [0.1, 0.15) is 23.2 Å². The Labute approximate surface area is 215 Å². The lowest BCUT2D eigenvalue weighted by molar-refractivity contribution is -0.136. The maximum absolute atomic E-state index is 13.3. The molecule has 3 aromatic rings. The van der Waals surface area contributed by atoms with Crippen LogP contribution < -0.4 is 20.1 Å². The molecule has 3 heterocycles. The summed E-state index contributed by atoms with van der Waals surface area (Å²) in [4.78, 5) is 64.3. The van der Waals surface area contributed by atoms with Crippen molar-refractivity contribution >= 4 is 35.2 Å². The second kappa shape index (κ2) is 9.42. The highest BCUT2D eigenvalue weighted by atomic mass is 16.5. The van der Waals surface area contributed by atoms with Crippen molar-refractivity contribution in [2.45, 2.75) is 25.8 Å². The van der Waals surface area contributed by atoms with Crippen LogP contribution in [0.3, 0.4) is 0 Å². The van der Waals surface area contributed by atoms with E-state index < -0.39 is 35.6 Å². The summed E-state index contributed by atoms with van der Waals surface area (Å²) in [7, 11) is 3.02. The third-order valence-corrected chi connectivity index (χ3v) is 6.44. The summed E-state index contributed by atoms with van der Waals surface area (Å²) in [6.45, 7) is 1.64. The summed E-state index contributed by atoms with van der Waals surface area (Å²) < 4.78 is 12.1. The third-order valence-electron chi connectivity index (χ3n) is 6.44. The molecule has 0 spiro atoms. The van der Waals surface area contributed by atoms with Crippen LogP contribution >= 0.6 is 0 Å². The van der Waals surface area contributed by atoms with Gasteiger partial charge in [-0.3, -0.25) is 34.2 Å². The number of fused-ring (bicyclic) bond motifs is 1. The van der Waals surface area contributed by atoms with Gasteiger partial charge in [-0.05, 0) is 37.6 Å². The van der Waals surface area contributed by atoms with Crippen LogP contribution in [0.1, 0.15) is 49.7 Å². The van der Waals surface area contributed by atoms with Crippen molar-refractivity contribution in [1.82, 2.24) is 25.2 Å². The SMILES string of the molecule is COc1ccc(OC)c(-n2nnc(C(=O)Nc3cccc4c3C(=O)N(C3CCC(=O)NC3=O)C4=O)c2C)c1. The lowest BCUT2D eigenvalue weighted by atomic mass is 10.0. The number of rotatable bonds is 6. The van der Waals surface area contributed by atoms with E-state index in [4.69, 9.17) is 9.47 Å². The van der Waals surface area contributed by atoms with Crippen molar-refractivity contribution in [3.63, 3.8) is 0 Å². The van der Waals surface area contributed by atoms with Crippen molar-refractivity contribution in [2.24, 2.45) is 0 Å². The fraction of sp³-hybridized carbons (Fsp3) is 0.240. The Kier molecular flexibility index (Phi) is 6.11. The van der Waals surface area contributed by atoms with Crippen LogP contribution in [-0.2, 0) is 9.59 Å². The average molecular weight is 518 g/mol. The van der Waals surface area contributed by atoms with Crippen LogP contribution in [0.2, 0.25) is 0 Å². The average Bonchev–Trinajstić information content (AvgIpc) is 3.41. The fourth-order valence-electron chi connectivity index (χ4n) is 4.53. The van der Waals surface area contributed by atoms with E-state index >= 15 is 0 Å². The molecule has 13 heteroatoms. The van der Waals surface area contributed by atoms with Gasteiger partial charge in [0.25, 0.3) is 17.7 Å². The predicted octanol–water partition coefficient (Wildman–Crippen LogP) is 1.25. The summed E-state index contributed by atoms with van der Waals surface area (Å²) in [5.41, 5.74) is 0.931. The smallest absolute Gasteiger partial charge is 0.278 e. The zero-order valence-electron chi connectivity index (χ0n) is 20.6. The molecule has 2 N–H and O–H groups in total. The molecule has 194 valence electrons. The number of methoxy groups -OCH3 is 2. The van der Waals surface area contributed by atoms with E-state index in [-0.39, 0.29) is 35.3 Å². The van der Waals surface area contributed by atoms with Crippen LogP contribution in [0, 0.1) is 6.92 Å². The number of anilines is 1. The molecule has 1 atom stereocenters. The first kappa shape index (κ1) is 24.6. The topological polar surface area (TPSA) is 162 Å². The fourth-order valence-corrected chi connectivity index (χ4v) is 4.53. The highest BCUT2D eigenvalue weighted by molar-refractivity contribution is 6.26. The molecule has 0 saturated carbocycles. The minimum absolute atomic E-state index is 0.000412. The summed E-state index contributed by atoms with van der Waals surface area (Å²) in [5, 5.41) is 12.9. The third kappa shape index (κ3) is 3.93. The molecule has 5 amide bonds. The van der Waals surface area contributed by atoms with Crippen molar-refractivity contribution in [3.8, 4) is 17.2 Å². The van der Waals surface area contributed by atoms with Crippen molar-refractivity contribution in [2.75, 3.05) is 19.5 Å². The number of nitrogens with zero attached hydrogens (tertiary/aromatic N) is 4. The Bertz CT molecular complexity index is 1530. The van der Waals surface area contributed by atoms with E-state index in [0.717, 1.165) is 4.90 Å². The molecular weight excluding hydrogens is 496 g/mol. The first-order valence-electron chi connectivity index (χ1n) is 11.6. The lowest BCUT2D eigenvalue weighted by Crippen LogP contribution is -2.54. The standard InChI is InChI=1S/C25H22N6O7/c1-12-21(28-29-31(12)17-11-13(37-2)7-9-18(17)38-3)23(34)26-15-6-4-5-14-20(15)25(36)30(24(14)35)16-8-10-19(32)27-22(16)33/h4-7,9,11,16H,8,10H2,1-3H3,(H,26,34)(H,27,32,33). The molecular formula is C25H22N6O7. The van der Waals surface area contributed by atoms with Crippen molar-refractivity contribution in [1.29, 1.82) is 0 Å². The highest BCUT2D eigenvalue weighted by Crippen LogP contribution is 2.33. The Morgan fingerprint density at radius 3 is 2.58 bits per heavy atom. The van der Waals surface area contributed by atoms with Gasteiger partial charge in [0.15, 0.2) is 5.69 Å². The monoisotopic (exact) mass is 518 g/mol. The summed E-state index contributed by atoms with van der Waals surface area (Å²) in [5.74, 6) is -2.25. The molecule has 1 fully saturated rings. The maximum Gasteiger partial charge on any atom is 0.278 e. The number of nitrogens with one attached hydrogen (secondary N) is 2. The van der Waals surface area contributed by atoms with Gasteiger partial charge in [-0.15, -0.1) is 5.10 Å². The number of imide groups is 2. The Balaban J connectivity index is 1.44. The van der Waals surface area contributed by atoms with Crippen molar-refractivity contribution < 1.29 is 33.4 Å². The Morgan fingerprint density at radius 2 is 1.87 bits per heavy atom. The number of ether oxygens (including phenoxy) is 2. The van der Waals surface area contributed by atoms with Crippen LogP contribution in [-0.4, -0.2) is 69.7 Å². The molecule has 0 radical (unpaired) electrons. The number of carbonyl (C=O) groups excluding carboxylic acids is 5. The zero-order valence-corrected chi connectivity index (χ0v) is 20.6. The second-order valence-electron chi connectivity index (χ2n) is 8.60. The van der Waals surface area contributed by atoms with E-state index in [9.17, 15) is 24.0 Å². The number of hydrogen-bond acceptors (Lipinski definition) is 9. The minimum atomic E-state index is -1.12. The number of benzene rings is 2. The normalized spacial score (nSPS) is 16.8. The number of piperidine rings is 1. The van der Waals surface area contributed by atoms with Crippen LogP contribution in [0.25, 0.3) is 5.69 Å². The molecule has 2 aromatic carbocycles. The van der Waals surface area contributed by atoms with E-state index in [0.29, 0.717) is 22.9 Å². The van der Waals surface area contributed by atoms with Crippen molar-refractivity contribution in [3.05, 3.63) is 58.9 Å². The van der Waals surface area contributed by atoms with Gasteiger partial charge in [-0.2, -0.15) is 0 Å². The molecule has 0 bridgehead atoms. The van der Waals surface area contributed by atoms with E-state index in [2.05, 4.69) is 20.9 Å². The van der Waals surface area contributed by atoms with E-state index in [1.165, 1.54) is 37.1 Å². The van der Waals surface area contributed by atoms with Gasteiger partial charge in [-0.1, -0.05) is 11.3 Å². The molecule has 2 aliphatic heterocycles. The summed E-state index contributed by atoms with van der Waals surface area (Å²) in [6.07, 6.45) is 0.0221. The first-order chi connectivity index (χ1) is 18.2. The minimum Gasteiger partial charge on any atom is -0.497 e. The van der Waals surface area contributed by atoms with Gasteiger partial charge in [0.05, 0.1) is 36.7 Å². The largest absolute Gasteiger partial charge is 0.497 e. The van der Waals surface area contributed by atoms with E-state index in [1.807, 2.05) is 0 Å². The Morgan fingerprint density at radius 1 is 1.08 bits per heavy atom.